The third-order valence-corrected chi connectivity index (χ3v) is 3.18. The van der Waals surface area contributed by atoms with Crippen molar-refractivity contribution in [2.45, 2.75) is 6.92 Å². The van der Waals surface area contributed by atoms with E-state index in [1.54, 1.807) is 13.4 Å². The lowest BCUT2D eigenvalue weighted by Crippen LogP contribution is -2.10. The summed E-state index contributed by atoms with van der Waals surface area (Å²) in [6.45, 7) is 3.35. The van der Waals surface area contributed by atoms with Crippen LogP contribution >= 0.6 is 0 Å². The lowest BCUT2D eigenvalue weighted by atomic mass is 10.2. The molecule has 0 aliphatic rings. The van der Waals surface area contributed by atoms with Crippen molar-refractivity contribution in [2.24, 2.45) is 0 Å². The van der Waals surface area contributed by atoms with E-state index in [-0.39, 0.29) is 0 Å². The molecule has 0 aromatic carbocycles. The Labute approximate surface area is 116 Å². The molecule has 6 nitrogen and oxygen atoms in total. The van der Waals surface area contributed by atoms with Crippen LogP contribution in [-0.4, -0.2) is 39.6 Å². The van der Waals surface area contributed by atoms with Crippen molar-refractivity contribution < 1.29 is 4.74 Å². The van der Waals surface area contributed by atoms with Gasteiger partial charge in [0.05, 0.1) is 12.9 Å². The molecule has 0 saturated heterocycles. The van der Waals surface area contributed by atoms with Crippen LogP contribution < -0.4 is 5.32 Å². The van der Waals surface area contributed by atoms with E-state index in [1.165, 1.54) is 0 Å². The van der Waals surface area contributed by atoms with Crippen LogP contribution in [0, 0.1) is 6.92 Å². The SMILES string of the molecule is COCCNc1c(-c2nc[nH]c2C)nc2ccccn12. The fraction of sp³-hybridized carbons (Fsp3) is 0.286. The summed E-state index contributed by atoms with van der Waals surface area (Å²) >= 11 is 0. The second-order valence-electron chi connectivity index (χ2n) is 4.53. The molecule has 20 heavy (non-hydrogen) atoms. The van der Waals surface area contributed by atoms with Gasteiger partial charge in [0.25, 0.3) is 0 Å². The van der Waals surface area contributed by atoms with E-state index in [0.29, 0.717) is 6.61 Å². The second kappa shape index (κ2) is 5.34. The van der Waals surface area contributed by atoms with Crippen molar-refractivity contribution in [3.05, 3.63) is 36.4 Å². The summed E-state index contributed by atoms with van der Waals surface area (Å²) in [5.41, 5.74) is 3.62. The number of nitrogens with zero attached hydrogens (tertiary/aromatic N) is 3. The van der Waals surface area contributed by atoms with Crippen molar-refractivity contribution in [3.63, 3.8) is 0 Å². The molecule has 0 saturated carbocycles. The first-order chi connectivity index (χ1) is 9.81. The molecule has 0 unspecified atom stereocenters. The quantitative estimate of drug-likeness (QED) is 0.697. The smallest absolute Gasteiger partial charge is 0.140 e. The molecule has 2 N–H and O–H groups in total. The van der Waals surface area contributed by atoms with Crippen LogP contribution in [-0.2, 0) is 4.74 Å². The Morgan fingerprint density at radius 3 is 3.00 bits per heavy atom. The van der Waals surface area contributed by atoms with Crippen LogP contribution in [0.4, 0.5) is 5.82 Å². The Morgan fingerprint density at radius 1 is 1.35 bits per heavy atom. The topological polar surface area (TPSA) is 67.2 Å². The average molecular weight is 271 g/mol. The van der Waals surface area contributed by atoms with E-state index in [2.05, 4.69) is 20.3 Å². The molecule has 0 atom stereocenters. The summed E-state index contributed by atoms with van der Waals surface area (Å²) < 4.78 is 7.12. The van der Waals surface area contributed by atoms with Gasteiger partial charge in [-0.2, -0.15) is 0 Å². The summed E-state index contributed by atoms with van der Waals surface area (Å²) in [5, 5.41) is 3.37. The highest BCUT2D eigenvalue weighted by Gasteiger charge is 2.16. The Morgan fingerprint density at radius 2 is 2.25 bits per heavy atom. The van der Waals surface area contributed by atoms with Crippen LogP contribution in [0.15, 0.2) is 30.7 Å². The van der Waals surface area contributed by atoms with Crippen LogP contribution in [0.1, 0.15) is 5.69 Å². The van der Waals surface area contributed by atoms with E-state index < -0.39 is 0 Å². The molecule has 3 aromatic rings. The summed E-state index contributed by atoms with van der Waals surface area (Å²) in [6, 6.07) is 5.94. The highest BCUT2D eigenvalue weighted by Crippen LogP contribution is 2.28. The van der Waals surface area contributed by atoms with Gasteiger partial charge in [0.15, 0.2) is 0 Å². The number of methoxy groups -OCH3 is 1. The average Bonchev–Trinajstić information content (AvgIpc) is 3.03. The van der Waals surface area contributed by atoms with Gasteiger partial charge in [0.2, 0.25) is 0 Å². The minimum absolute atomic E-state index is 0.638. The molecular formula is C14H17N5O. The zero-order valence-corrected chi connectivity index (χ0v) is 11.6. The van der Waals surface area contributed by atoms with Crippen molar-refractivity contribution in [1.29, 1.82) is 0 Å². The molecule has 3 rings (SSSR count). The van der Waals surface area contributed by atoms with Gasteiger partial charge in [0, 0.05) is 25.5 Å². The monoisotopic (exact) mass is 271 g/mol. The zero-order chi connectivity index (χ0) is 13.9. The number of aryl methyl sites for hydroxylation is 1. The highest BCUT2D eigenvalue weighted by atomic mass is 16.5. The number of anilines is 1. The third-order valence-electron chi connectivity index (χ3n) is 3.18. The number of pyridine rings is 1. The number of aromatic nitrogens is 4. The third kappa shape index (κ3) is 2.14. The maximum atomic E-state index is 5.09. The van der Waals surface area contributed by atoms with Gasteiger partial charge >= 0.3 is 0 Å². The van der Waals surface area contributed by atoms with E-state index in [1.807, 2.05) is 35.7 Å². The first-order valence-corrected chi connectivity index (χ1v) is 6.51. The number of hydrogen-bond donors (Lipinski definition) is 2. The number of nitrogens with one attached hydrogen (secondary N) is 2. The van der Waals surface area contributed by atoms with Gasteiger partial charge in [-0.25, -0.2) is 9.97 Å². The number of aromatic amines is 1. The van der Waals surface area contributed by atoms with E-state index in [0.717, 1.165) is 35.1 Å². The Hall–Kier alpha value is -2.34. The zero-order valence-electron chi connectivity index (χ0n) is 11.6. The van der Waals surface area contributed by atoms with Gasteiger partial charge in [-0.05, 0) is 19.1 Å². The van der Waals surface area contributed by atoms with Gasteiger partial charge in [-0.3, -0.25) is 4.40 Å². The first-order valence-electron chi connectivity index (χ1n) is 6.51. The summed E-state index contributed by atoms with van der Waals surface area (Å²) in [7, 11) is 1.69. The number of rotatable bonds is 5. The highest BCUT2D eigenvalue weighted by molar-refractivity contribution is 5.75. The first kappa shape index (κ1) is 12.7. The van der Waals surface area contributed by atoms with E-state index in [9.17, 15) is 0 Å². The predicted molar refractivity (Wildman–Crippen MR) is 77.9 cm³/mol. The molecule has 6 heteroatoms. The Kier molecular flexibility index (Phi) is 3.39. The maximum absolute atomic E-state index is 5.09. The molecule has 0 bridgehead atoms. The molecule has 0 fully saturated rings. The summed E-state index contributed by atoms with van der Waals surface area (Å²) in [6.07, 6.45) is 3.68. The van der Waals surface area contributed by atoms with Gasteiger partial charge in [-0.1, -0.05) is 6.07 Å². The molecular weight excluding hydrogens is 254 g/mol. The summed E-state index contributed by atoms with van der Waals surface area (Å²) in [5.74, 6) is 0.938. The standard InChI is InChI=1S/C14H17N5O/c1-10-12(17-9-16-10)13-14(15-6-8-20-2)19-7-4-3-5-11(19)18-13/h3-5,7,9,15H,6,8H2,1-2H3,(H,16,17). The van der Waals surface area contributed by atoms with E-state index >= 15 is 0 Å². The van der Waals surface area contributed by atoms with Crippen LogP contribution in [0.3, 0.4) is 0 Å². The maximum Gasteiger partial charge on any atom is 0.140 e. The number of H-pyrrole nitrogens is 1. The minimum Gasteiger partial charge on any atom is -0.383 e. The van der Waals surface area contributed by atoms with E-state index in [4.69, 9.17) is 4.74 Å². The molecule has 0 aliphatic heterocycles. The Bertz CT molecular complexity index is 715. The second-order valence-corrected chi connectivity index (χ2v) is 4.53. The van der Waals surface area contributed by atoms with Crippen molar-refractivity contribution in [2.75, 3.05) is 25.6 Å². The van der Waals surface area contributed by atoms with Crippen molar-refractivity contribution in [1.82, 2.24) is 19.4 Å². The molecule has 0 radical (unpaired) electrons. The number of imidazole rings is 2. The fourth-order valence-corrected chi connectivity index (χ4v) is 2.20. The van der Waals surface area contributed by atoms with Crippen LogP contribution in [0.25, 0.3) is 17.0 Å². The number of ether oxygens (including phenoxy) is 1. The van der Waals surface area contributed by atoms with Crippen LogP contribution in [0.5, 0.6) is 0 Å². The number of hydrogen-bond acceptors (Lipinski definition) is 4. The lowest BCUT2D eigenvalue weighted by molar-refractivity contribution is 0.210. The molecule has 3 heterocycles. The number of fused-ring (bicyclic) bond motifs is 1. The molecule has 3 aromatic heterocycles. The minimum atomic E-state index is 0.638. The lowest BCUT2D eigenvalue weighted by Gasteiger charge is -2.07. The normalized spacial score (nSPS) is 11.1. The molecule has 0 amide bonds. The van der Waals surface area contributed by atoms with Crippen molar-refractivity contribution >= 4 is 11.5 Å². The largest absolute Gasteiger partial charge is 0.383 e. The van der Waals surface area contributed by atoms with Gasteiger partial charge < -0.3 is 15.0 Å². The van der Waals surface area contributed by atoms with Gasteiger partial charge in [-0.15, -0.1) is 0 Å². The molecule has 104 valence electrons. The Balaban J connectivity index is 2.10. The predicted octanol–water partition coefficient (Wildman–Crippen LogP) is 2.09. The molecule has 0 spiro atoms. The summed E-state index contributed by atoms with van der Waals surface area (Å²) in [4.78, 5) is 12.1. The van der Waals surface area contributed by atoms with Crippen LogP contribution in [0.2, 0.25) is 0 Å². The molecule has 0 aliphatic carbocycles. The van der Waals surface area contributed by atoms with Crippen molar-refractivity contribution in [3.8, 4) is 11.4 Å². The van der Waals surface area contributed by atoms with Gasteiger partial charge in [0.1, 0.15) is 22.9 Å². The fourth-order valence-electron chi connectivity index (χ4n) is 2.20.